The third-order valence-electron chi connectivity index (χ3n) is 4.52. The molecule has 4 rings (SSSR count). The molecule has 0 atom stereocenters. The molecule has 0 saturated carbocycles. The van der Waals surface area contributed by atoms with Crippen molar-refractivity contribution >= 4 is 22.5 Å². The first-order valence-electron chi connectivity index (χ1n) is 7.96. The first-order chi connectivity index (χ1) is 11.3. The predicted octanol–water partition coefficient (Wildman–Crippen LogP) is 3.93. The lowest BCUT2D eigenvalue weighted by Gasteiger charge is -2.39. The van der Waals surface area contributed by atoms with Gasteiger partial charge in [0.1, 0.15) is 6.33 Å². The second kappa shape index (κ2) is 6.26. The van der Waals surface area contributed by atoms with Crippen LogP contribution in [0.3, 0.4) is 0 Å². The monoisotopic (exact) mass is 323 g/mol. The van der Waals surface area contributed by atoms with Crippen LogP contribution in [0.5, 0.6) is 0 Å². The van der Waals surface area contributed by atoms with Gasteiger partial charge in [-0.15, -0.1) is 0 Å². The van der Waals surface area contributed by atoms with Crippen LogP contribution in [0.15, 0.2) is 54.9 Å². The second-order valence-corrected chi connectivity index (χ2v) is 6.55. The number of nitrogens with zero attached hydrogens (tertiary/aromatic N) is 3. The van der Waals surface area contributed by atoms with E-state index in [4.69, 9.17) is 11.6 Å². The van der Waals surface area contributed by atoms with Gasteiger partial charge in [0, 0.05) is 36.0 Å². The molecule has 2 aromatic carbocycles. The van der Waals surface area contributed by atoms with Gasteiger partial charge in [-0.05, 0) is 30.2 Å². The molecule has 1 aromatic heterocycles. The number of rotatable bonds is 4. The number of hydrogen-bond acceptors (Lipinski definition) is 3. The van der Waals surface area contributed by atoms with Crippen molar-refractivity contribution in [1.29, 1.82) is 0 Å². The van der Waals surface area contributed by atoms with E-state index in [9.17, 15) is 0 Å². The summed E-state index contributed by atoms with van der Waals surface area (Å²) in [5.41, 5.74) is 3.53. The average molecular weight is 324 g/mol. The molecule has 23 heavy (non-hydrogen) atoms. The molecule has 3 nitrogen and oxygen atoms in total. The zero-order chi connectivity index (χ0) is 15.6. The number of aromatic nitrogens is 2. The van der Waals surface area contributed by atoms with Crippen molar-refractivity contribution in [2.24, 2.45) is 0 Å². The summed E-state index contributed by atoms with van der Waals surface area (Å²) < 4.78 is 0. The van der Waals surface area contributed by atoms with Crippen molar-refractivity contribution in [1.82, 2.24) is 14.9 Å². The third kappa shape index (κ3) is 3.07. The normalized spacial score (nSPS) is 15.7. The summed E-state index contributed by atoms with van der Waals surface area (Å²) in [4.78, 5) is 11.4. The SMILES string of the molecule is Clc1cccc(CCN2CC(c3ncnc4ccccc34)C2)c1. The highest BCUT2D eigenvalue weighted by Gasteiger charge is 2.29. The Morgan fingerprint density at radius 3 is 2.78 bits per heavy atom. The topological polar surface area (TPSA) is 29.0 Å². The first kappa shape index (κ1) is 14.6. The van der Waals surface area contributed by atoms with Gasteiger partial charge < -0.3 is 4.90 Å². The van der Waals surface area contributed by atoms with Gasteiger partial charge in [0.05, 0.1) is 11.2 Å². The van der Waals surface area contributed by atoms with Crippen LogP contribution in [0.1, 0.15) is 17.2 Å². The third-order valence-corrected chi connectivity index (χ3v) is 4.76. The molecular formula is C19H18ClN3. The van der Waals surface area contributed by atoms with E-state index in [-0.39, 0.29) is 0 Å². The number of benzene rings is 2. The summed E-state index contributed by atoms with van der Waals surface area (Å²) in [5.74, 6) is 0.516. The van der Waals surface area contributed by atoms with E-state index >= 15 is 0 Å². The summed E-state index contributed by atoms with van der Waals surface area (Å²) >= 11 is 6.04. The fourth-order valence-corrected chi connectivity index (χ4v) is 3.47. The van der Waals surface area contributed by atoms with Crippen LogP contribution in [0, 0.1) is 0 Å². The van der Waals surface area contributed by atoms with Crippen LogP contribution in [-0.2, 0) is 6.42 Å². The van der Waals surface area contributed by atoms with Crippen LogP contribution < -0.4 is 0 Å². The summed E-state index contributed by atoms with van der Waals surface area (Å²) in [7, 11) is 0. The zero-order valence-corrected chi connectivity index (χ0v) is 13.6. The Kier molecular flexibility index (Phi) is 3.98. The fourth-order valence-electron chi connectivity index (χ4n) is 3.26. The summed E-state index contributed by atoms with van der Waals surface area (Å²) in [6.45, 7) is 3.21. The minimum Gasteiger partial charge on any atom is -0.302 e. The van der Waals surface area contributed by atoms with Gasteiger partial charge in [0.25, 0.3) is 0 Å². The lowest BCUT2D eigenvalue weighted by atomic mass is 9.93. The van der Waals surface area contributed by atoms with Gasteiger partial charge in [-0.3, -0.25) is 0 Å². The van der Waals surface area contributed by atoms with E-state index in [1.165, 1.54) is 16.6 Å². The molecular weight excluding hydrogens is 306 g/mol. The molecule has 0 unspecified atom stereocenters. The molecule has 116 valence electrons. The van der Waals surface area contributed by atoms with Crippen molar-refractivity contribution in [2.75, 3.05) is 19.6 Å². The molecule has 0 amide bonds. The van der Waals surface area contributed by atoms with Gasteiger partial charge in [0.15, 0.2) is 0 Å². The molecule has 0 bridgehead atoms. The zero-order valence-electron chi connectivity index (χ0n) is 12.8. The van der Waals surface area contributed by atoms with E-state index < -0.39 is 0 Å². The molecule has 1 fully saturated rings. The van der Waals surface area contributed by atoms with Crippen LogP contribution in [0.2, 0.25) is 5.02 Å². The maximum Gasteiger partial charge on any atom is 0.116 e. The largest absolute Gasteiger partial charge is 0.302 e. The molecule has 0 spiro atoms. The summed E-state index contributed by atoms with van der Waals surface area (Å²) in [6.07, 6.45) is 2.73. The van der Waals surface area contributed by atoms with Crippen LogP contribution in [0.25, 0.3) is 10.9 Å². The summed E-state index contributed by atoms with van der Waals surface area (Å²) in [6, 6.07) is 16.4. The highest BCUT2D eigenvalue weighted by Crippen LogP contribution is 2.30. The van der Waals surface area contributed by atoms with Crippen LogP contribution in [-0.4, -0.2) is 34.5 Å². The maximum atomic E-state index is 6.04. The molecule has 1 aliphatic heterocycles. The van der Waals surface area contributed by atoms with Gasteiger partial charge in [0.2, 0.25) is 0 Å². The number of hydrogen-bond donors (Lipinski definition) is 0. The smallest absolute Gasteiger partial charge is 0.116 e. The van der Waals surface area contributed by atoms with Crippen LogP contribution >= 0.6 is 11.6 Å². The minimum atomic E-state index is 0.516. The molecule has 4 heteroatoms. The van der Waals surface area contributed by atoms with E-state index in [1.54, 1.807) is 6.33 Å². The fraction of sp³-hybridized carbons (Fsp3) is 0.263. The molecule has 1 aliphatic rings. The van der Waals surface area contributed by atoms with Crippen molar-refractivity contribution in [3.05, 3.63) is 71.1 Å². The minimum absolute atomic E-state index is 0.516. The van der Waals surface area contributed by atoms with Crippen molar-refractivity contribution in [3.8, 4) is 0 Å². The number of para-hydroxylation sites is 1. The summed E-state index contributed by atoms with van der Waals surface area (Å²) in [5, 5.41) is 2.01. The van der Waals surface area contributed by atoms with Gasteiger partial charge in [-0.25, -0.2) is 9.97 Å². The highest BCUT2D eigenvalue weighted by molar-refractivity contribution is 6.30. The molecule has 1 saturated heterocycles. The van der Waals surface area contributed by atoms with Crippen molar-refractivity contribution < 1.29 is 0 Å². The van der Waals surface area contributed by atoms with Crippen molar-refractivity contribution in [3.63, 3.8) is 0 Å². The lowest BCUT2D eigenvalue weighted by molar-refractivity contribution is 0.149. The molecule has 3 aromatic rings. The Balaban J connectivity index is 1.39. The Morgan fingerprint density at radius 2 is 1.91 bits per heavy atom. The number of likely N-dealkylation sites (tertiary alicyclic amines) is 1. The number of halogens is 1. The second-order valence-electron chi connectivity index (χ2n) is 6.11. The van der Waals surface area contributed by atoms with Gasteiger partial charge in [-0.1, -0.05) is 41.9 Å². The van der Waals surface area contributed by atoms with Gasteiger partial charge >= 0.3 is 0 Å². The molecule has 0 aliphatic carbocycles. The Bertz CT molecular complexity index is 822. The van der Waals surface area contributed by atoms with Crippen molar-refractivity contribution in [2.45, 2.75) is 12.3 Å². The average Bonchev–Trinajstić information content (AvgIpc) is 2.53. The van der Waals surface area contributed by atoms with E-state index in [1.807, 2.05) is 18.2 Å². The molecule has 0 N–H and O–H groups in total. The predicted molar refractivity (Wildman–Crippen MR) is 93.9 cm³/mol. The first-order valence-corrected chi connectivity index (χ1v) is 8.34. The quantitative estimate of drug-likeness (QED) is 0.728. The Hall–Kier alpha value is -1.97. The van der Waals surface area contributed by atoms with Gasteiger partial charge in [-0.2, -0.15) is 0 Å². The lowest BCUT2D eigenvalue weighted by Crippen LogP contribution is -2.46. The van der Waals surface area contributed by atoms with Crippen LogP contribution in [0.4, 0.5) is 0 Å². The van der Waals surface area contributed by atoms with E-state index in [0.717, 1.165) is 36.6 Å². The Morgan fingerprint density at radius 1 is 1.04 bits per heavy atom. The Labute approximate surface area is 140 Å². The maximum absolute atomic E-state index is 6.04. The molecule has 0 radical (unpaired) electrons. The number of fused-ring (bicyclic) bond motifs is 1. The van der Waals surface area contributed by atoms with E-state index in [2.05, 4.69) is 45.2 Å². The highest BCUT2D eigenvalue weighted by atomic mass is 35.5. The standard InChI is InChI=1S/C19H18ClN3/c20-16-5-3-4-14(10-16)8-9-23-11-15(12-23)19-17-6-1-2-7-18(17)21-13-22-19/h1-7,10,13,15H,8-9,11-12H2. The molecule has 2 heterocycles. The van der Waals surface area contributed by atoms with E-state index in [0.29, 0.717) is 5.92 Å².